The van der Waals surface area contributed by atoms with Gasteiger partial charge in [0.15, 0.2) is 0 Å². The molecular formula is C17H19NO. The monoisotopic (exact) mass is 253 g/mol. The number of aromatic nitrogens is 1. The second-order valence-corrected chi connectivity index (χ2v) is 5.53. The summed E-state index contributed by atoms with van der Waals surface area (Å²) >= 11 is 0. The highest BCUT2D eigenvalue weighted by Gasteiger charge is 2.45. The van der Waals surface area contributed by atoms with E-state index in [9.17, 15) is 5.11 Å². The normalized spacial score (nSPS) is 18.6. The Hall–Kier alpha value is -1.67. The SMILES string of the molecule is Cc1ccc(C2(C(O)c3ccccn3)CCC2)cc1. The predicted molar refractivity (Wildman–Crippen MR) is 75.9 cm³/mol. The number of aliphatic hydroxyl groups excluding tert-OH is 1. The van der Waals surface area contributed by atoms with Gasteiger partial charge in [0.25, 0.3) is 0 Å². The van der Waals surface area contributed by atoms with Crippen molar-refractivity contribution in [1.82, 2.24) is 4.98 Å². The summed E-state index contributed by atoms with van der Waals surface area (Å²) in [6.07, 6.45) is 4.49. The van der Waals surface area contributed by atoms with Crippen molar-refractivity contribution in [3.8, 4) is 0 Å². The predicted octanol–water partition coefficient (Wildman–Crippen LogP) is 3.55. The minimum Gasteiger partial charge on any atom is -0.386 e. The third kappa shape index (κ3) is 2.06. The molecule has 1 aliphatic rings. The minimum absolute atomic E-state index is 0.137. The van der Waals surface area contributed by atoms with E-state index in [4.69, 9.17) is 0 Å². The van der Waals surface area contributed by atoms with Gasteiger partial charge in [-0.15, -0.1) is 0 Å². The van der Waals surface area contributed by atoms with Gasteiger partial charge in [-0.3, -0.25) is 4.98 Å². The van der Waals surface area contributed by atoms with Gasteiger partial charge in [0.2, 0.25) is 0 Å². The molecule has 0 amide bonds. The quantitative estimate of drug-likeness (QED) is 0.907. The highest BCUT2D eigenvalue weighted by Crippen LogP contribution is 2.51. The van der Waals surface area contributed by atoms with Crippen LogP contribution in [-0.4, -0.2) is 10.1 Å². The molecule has 1 aromatic heterocycles. The first-order chi connectivity index (χ1) is 9.22. The van der Waals surface area contributed by atoms with E-state index >= 15 is 0 Å². The van der Waals surface area contributed by atoms with E-state index in [-0.39, 0.29) is 5.41 Å². The van der Waals surface area contributed by atoms with Gasteiger partial charge in [0.1, 0.15) is 6.10 Å². The molecule has 0 radical (unpaired) electrons. The lowest BCUT2D eigenvalue weighted by Crippen LogP contribution is -2.40. The Bertz CT molecular complexity index is 543. The smallest absolute Gasteiger partial charge is 0.106 e. The Labute approximate surface area is 114 Å². The summed E-state index contributed by atoms with van der Waals surface area (Å²) in [6, 6.07) is 14.3. The molecule has 2 nitrogen and oxygen atoms in total. The molecule has 0 saturated heterocycles. The van der Waals surface area contributed by atoms with Gasteiger partial charge in [-0.25, -0.2) is 0 Å². The van der Waals surface area contributed by atoms with Gasteiger partial charge in [0.05, 0.1) is 5.69 Å². The number of pyridine rings is 1. The fourth-order valence-electron chi connectivity index (χ4n) is 2.98. The van der Waals surface area contributed by atoms with Crippen LogP contribution in [0.2, 0.25) is 0 Å². The molecule has 1 heterocycles. The molecule has 1 saturated carbocycles. The van der Waals surface area contributed by atoms with Crippen molar-refractivity contribution in [2.75, 3.05) is 0 Å². The largest absolute Gasteiger partial charge is 0.386 e. The summed E-state index contributed by atoms with van der Waals surface area (Å²) in [7, 11) is 0. The Morgan fingerprint density at radius 3 is 2.37 bits per heavy atom. The van der Waals surface area contributed by atoms with Crippen LogP contribution in [0, 0.1) is 6.92 Å². The van der Waals surface area contributed by atoms with E-state index < -0.39 is 6.10 Å². The van der Waals surface area contributed by atoms with Crippen LogP contribution in [0.1, 0.15) is 42.2 Å². The number of benzene rings is 1. The van der Waals surface area contributed by atoms with Gasteiger partial charge in [-0.2, -0.15) is 0 Å². The van der Waals surface area contributed by atoms with Gasteiger partial charge in [-0.1, -0.05) is 42.3 Å². The lowest BCUT2D eigenvalue weighted by Gasteiger charge is -2.45. The summed E-state index contributed by atoms with van der Waals surface area (Å²) < 4.78 is 0. The lowest BCUT2D eigenvalue weighted by atomic mass is 9.60. The van der Waals surface area contributed by atoms with E-state index in [1.807, 2.05) is 18.2 Å². The number of hydrogen-bond acceptors (Lipinski definition) is 2. The molecule has 19 heavy (non-hydrogen) atoms. The van der Waals surface area contributed by atoms with Crippen LogP contribution in [0.25, 0.3) is 0 Å². The first-order valence-electron chi connectivity index (χ1n) is 6.88. The Morgan fingerprint density at radius 1 is 1.11 bits per heavy atom. The third-order valence-electron chi connectivity index (χ3n) is 4.36. The average molecular weight is 253 g/mol. The number of aryl methyl sites for hydroxylation is 1. The molecule has 1 aromatic carbocycles. The van der Waals surface area contributed by atoms with Gasteiger partial charge < -0.3 is 5.11 Å². The zero-order valence-electron chi connectivity index (χ0n) is 11.2. The van der Waals surface area contributed by atoms with Crippen molar-refractivity contribution < 1.29 is 5.11 Å². The average Bonchev–Trinajstić information content (AvgIpc) is 2.40. The van der Waals surface area contributed by atoms with Crippen LogP contribution in [0.4, 0.5) is 0 Å². The maximum absolute atomic E-state index is 10.8. The van der Waals surface area contributed by atoms with Crippen molar-refractivity contribution in [1.29, 1.82) is 0 Å². The number of rotatable bonds is 3. The molecule has 2 heteroatoms. The number of nitrogens with zero attached hydrogens (tertiary/aromatic N) is 1. The molecule has 1 fully saturated rings. The Balaban J connectivity index is 1.97. The van der Waals surface area contributed by atoms with E-state index in [0.717, 1.165) is 18.5 Å². The second kappa shape index (κ2) is 4.78. The lowest BCUT2D eigenvalue weighted by molar-refractivity contribution is 0.0238. The Morgan fingerprint density at radius 2 is 1.84 bits per heavy atom. The van der Waals surface area contributed by atoms with Crippen molar-refractivity contribution in [2.45, 2.75) is 37.7 Å². The van der Waals surface area contributed by atoms with E-state index in [2.05, 4.69) is 36.2 Å². The van der Waals surface area contributed by atoms with E-state index in [1.54, 1.807) is 6.20 Å². The topological polar surface area (TPSA) is 33.1 Å². The highest BCUT2D eigenvalue weighted by molar-refractivity contribution is 5.34. The minimum atomic E-state index is -0.509. The molecule has 1 aliphatic carbocycles. The summed E-state index contributed by atoms with van der Waals surface area (Å²) in [5, 5.41) is 10.8. The van der Waals surface area contributed by atoms with E-state index in [1.165, 1.54) is 17.5 Å². The first kappa shape index (κ1) is 12.4. The molecular weight excluding hydrogens is 234 g/mol. The molecule has 0 bridgehead atoms. The zero-order valence-corrected chi connectivity index (χ0v) is 11.2. The molecule has 98 valence electrons. The second-order valence-electron chi connectivity index (χ2n) is 5.53. The fraction of sp³-hybridized carbons (Fsp3) is 0.353. The molecule has 2 aromatic rings. The summed E-state index contributed by atoms with van der Waals surface area (Å²) in [5.74, 6) is 0. The summed E-state index contributed by atoms with van der Waals surface area (Å²) in [4.78, 5) is 4.32. The maximum Gasteiger partial charge on any atom is 0.106 e. The fourth-order valence-corrected chi connectivity index (χ4v) is 2.98. The summed E-state index contributed by atoms with van der Waals surface area (Å²) in [6.45, 7) is 2.09. The van der Waals surface area contributed by atoms with Crippen LogP contribution in [0.15, 0.2) is 48.7 Å². The standard InChI is InChI=1S/C17H19NO/c1-13-6-8-14(9-7-13)17(10-4-11-17)16(19)15-5-2-3-12-18-15/h2-3,5-9,12,16,19H,4,10-11H2,1H3. The molecule has 1 unspecified atom stereocenters. The van der Waals surface area contributed by atoms with Gasteiger partial charge in [-0.05, 0) is 37.5 Å². The van der Waals surface area contributed by atoms with Gasteiger partial charge >= 0.3 is 0 Å². The van der Waals surface area contributed by atoms with Crippen LogP contribution in [0.5, 0.6) is 0 Å². The number of aliphatic hydroxyl groups is 1. The highest BCUT2D eigenvalue weighted by atomic mass is 16.3. The van der Waals surface area contributed by atoms with Crippen LogP contribution < -0.4 is 0 Å². The molecule has 0 aliphatic heterocycles. The van der Waals surface area contributed by atoms with E-state index in [0.29, 0.717) is 0 Å². The van der Waals surface area contributed by atoms with Gasteiger partial charge in [0, 0.05) is 11.6 Å². The van der Waals surface area contributed by atoms with Crippen LogP contribution in [0.3, 0.4) is 0 Å². The number of hydrogen-bond donors (Lipinski definition) is 1. The van der Waals surface area contributed by atoms with Crippen molar-refractivity contribution >= 4 is 0 Å². The van der Waals surface area contributed by atoms with Crippen molar-refractivity contribution in [3.05, 3.63) is 65.5 Å². The molecule has 1 atom stereocenters. The van der Waals surface area contributed by atoms with Crippen LogP contribution in [-0.2, 0) is 5.41 Å². The Kier molecular flexibility index (Phi) is 3.11. The third-order valence-corrected chi connectivity index (χ3v) is 4.36. The van der Waals surface area contributed by atoms with Crippen molar-refractivity contribution in [2.24, 2.45) is 0 Å². The first-order valence-corrected chi connectivity index (χ1v) is 6.88. The molecule has 1 N–H and O–H groups in total. The zero-order chi connectivity index (χ0) is 13.3. The molecule has 3 rings (SSSR count). The maximum atomic E-state index is 10.8. The van der Waals surface area contributed by atoms with Crippen molar-refractivity contribution in [3.63, 3.8) is 0 Å². The van der Waals surface area contributed by atoms with Crippen LogP contribution >= 0.6 is 0 Å². The summed E-state index contributed by atoms with van der Waals surface area (Å²) in [5.41, 5.74) is 3.14. The molecule has 0 spiro atoms.